The summed E-state index contributed by atoms with van der Waals surface area (Å²) >= 11 is 0. The molecule has 1 aromatic rings. The van der Waals surface area contributed by atoms with Crippen LogP contribution in [-0.4, -0.2) is 41.9 Å². The second kappa shape index (κ2) is 5.55. The molecule has 0 unspecified atom stereocenters. The third-order valence-corrected chi connectivity index (χ3v) is 3.71. The number of rotatable bonds is 6. The van der Waals surface area contributed by atoms with Crippen LogP contribution in [0.1, 0.15) is 0 Å². The summed E-state index contributed by atoms with van der Waals surface area (Å²) in [5.74, 6) is -1.22. The first-order valence-corrected chi connectivity index (χ1v) is 6.15. The number of aromatic nitrogens is 1. The lowest BCUT2D eigenvalue weighted by Gasteiger charge is -2.18. The minimum Gasteiger partial charge on any atom is -0.480 e. The number of carbonyl (C=O) groups is 1. The van der Waals surface area contributed by atoms with Crippen LogP contribution in [0.25, 0.3) is 0 Å². The van der Waals surface area contributed by atoms with Gasteiger partial charge in [-0.3, -0.25) is 9.78 Å². The molecule has 1 N–H and O–H groups in total. The molecule has 0 saturated carbocycles. The normalized spacial score (nSPS) is 11.4. The molecule has 0 aromatic carbocycles. The highest BCUT2D eigenvalue weighted by Gasteiger charge is 2.25. The SMILES string of the molecule is C=CCN(CC(=O)O)S(=O)(=O)c1cccnc1. The zero-order valence-corrected chi connectivity index (χ0v) is 9.80. The van der Waals surface area contributed by atoms with Crippen LogP contribution in [0.15, 0.2) is 42.1 Å². The molecule has 92 valence electrons. The highest BCUT2D eigenvalue weighted by Crippen LogP contribution is 2.13. The average Bonchev–Trinajstić information content (AvgIpc) is 2.29. The maximum absolute atomic E-state index is 12.0. The highest BCUT2D eigenvalue weighted by atomic mass is 32.2. The average molecular weight is 256 g/mol. The second-order valence-corrected chi connectivity index (χ2v) is 5.11. The number of carboxylic acids is 1. The number of sulfonamides is 1. The Morgan fingerprint density at radius 1 is 1.59 bits per heavy atom. The number of aliphatic carboxylic acids is 1. The summed E-state index contributed by atoms with van der Waals surface area (Å²) in [5, 5.41) is 8.66. The summed E-state index contributed by atoms with van der Waals surface area (Å²) in [6.07, 6.45) is 3.94. The molecule has 0 radical (unpaired) electrons. The van der Waals surface area contributed by atoms with Crippen molar-refractivity contribution in [1.82, 2.24) is 9.29 Å². The van der Waals surface area contributed by atoms with Crippen molar-refractivity contribution in [2.45, 2.75) is 4.90 Å². The van der Waals surface area contributed by atoms with E-state index in [1.807, 2.05) is 0 Å². The van der Waals surface area contributed by atoms with E-state index in [1.165, 1.54) is 30.6 Å². The van der Waals surface area contributed by atoms with Crippen LogP contribution < -0.4 is 0 Å². The molecule has 6 nitrogen and oxygen atoms in total. The van der Waals surface area contributed by atoms with Gasteiger partial charge in [-0.05, 0) is 12.1 Å². The maximum atomic E-state index is 12.0. The van der Waals surface area contributed by atoms with Gasteiger partial charge in [0.15, 0.2) is 0 Å². The van der Waals surface area contributed by atoms with Crippen molar-refractivity contribution in [2.24, 2.45) is 0 Å². The number of hydrogen-bond acceptors (Lipinski definition) is 4. The summed E-state index contributed by atoms with van der Waals surface area (Å²) < 4.78 is 24.9. The number of carboxylic acid groups (broad SMARTS) is 1. The van der Waals surface area contributed by atoms with E-state index in [4.69, 9.17) is 5.11 Å². The van der Waals surface area contributed by atoms with E-state index < -0.39 is 22.5 Å². The molecular weight excluding hydrogens is 244 g/mol. The first kappa shape index (κ1) is 13.3. The molecule has 0 aliphatic carbocycles. The Morgan fingerprint density at radius 2 is 2.29 bits per heavy atom. The summed E-state index contributed by atoms with van der Waals surface area (Å²) in [6.45, 7) is 2.73. The van der Waals surface area contributed by atoms with Crippen molar-refractivity contribution in [3.05, 3.63) is 37.2 Å². The second-order valence-electron chi connectivity index (χ2n) is 3.17. The lowest BCUT2D eigenvalue weighted by molar-refractivity contribution is -0.137. The number of hydrogen-bond donors (Lipinski definition) is 1. The molecule has 0 aliphatic rings. The largest absolute Gasteiger partial charge is 0.480 e. The molecule has 1 aromatic heterocycles. The molecule has 0 amide bonds. The number of pyridine rings is 1. The standard InChI is InChI=1S/C10H12N2O4S/c1-2-6-12(8-10(13)14)17(15,16)9-4-3-5-11-7-9/h2-5,7H,1,6,8H2,(H,13,14). The predicted octanol–water partition coefficient (Wildman–Crippen LogP) is 0.343. The van der Waals surface area contributed by atoms with E-state index in [1.54, 1.807) is 0 Å². The van der Waals surface area contributed by atoms with Crippen LogP contribution in [0.3, 0.4) is 0 Å². The van der Waals surface area contributed by atoms with Gasteiger partial charge in [-0.25, -0.2) is 8.42 Å². The van der Waals surface area contributed by atoms with E-state index in [9.17, 15) is 13.2 Å². The molecule has 0 atom stereocenters. The van der Waals surface area contributed by atoms with Crippen molar-refractivity contribution in [2.75, 3.05) is 13.1 Å². The minimum atomic E-state index is -3.84. The monoisotopic (exact) mass is 256 g/mol. The van der Waals surface area contributed by atoms with Crippen molar-refractivity contribution in [3.63, 3.8) is 0 Å². The predicted molar refractivity (Wildman–Crippen MR) is 60.8 cm³/mol. The van der Waals surface area contributed by atoms with E-state index in [-0.39, 0.29) is 11.4 Å². The molecule has 1 rings (SSSR count). The summed E-state index contributed by atoms with van der Waals surface area (Å²) in [6, 6.07) is 2.83. The van der Waals surface area contributed by atoms with Crippen LogP contribution in [-0.2, 0) is 14.8 Å². The quantitative estimate of drug-likeness (QED) is 0.742. The summed E-state index contributed by atoms with van der Waals surface area (Å²) in [5.41, 5.74) is 0. The van der Waals surface area contributed by atoms with E-state index in [2.05, 4.69) is 11.6 Å². The van der Waals surface area contributed by atoms with Gasteiger partial charge in [0.05, 0.1) is 0 Å². The first-order valence-electron chi connectivity index (χ1n) is 4.71. The van der Waals surface area contributed by atoms with Gasteiger partial charge in [-0.15, -0.1) is 6.58 Å². The van der Waals surface area contributed by atoms with Crippen LogP contribution >= 0.6 is 0 Å². The van der Waals surface area contributed by atoms with Gasteiger partial charge in [0, 0.05) is 18.9 Å². The van der Waals surface area contributed by atoms with Gasteiger partial charge in [-0.1, -0.05) is 6.08 Å². The Labute approximate surface area is 99.3 Å². The fourth-order valence-electron chi connectivity index (χ4n) is 1.19. The zero-order valence-electron chi connectivity index (χ0n) is 8.98. The zero-order chi connectivity index (χ0) is 12.9. The van der Waals surface area contributed by atoms with Crippen LogP contribution in [0.5, 0.6) is 0 Å². The lowest BCUT2D eigenvalue weighted by Crippen LogP contribution is -2.35. The van der Waals surface area contributed by atoms with Crippen molar-refractivity contribution < 1.29 is 18.3 Å². The summed E-state index contributed by atoms with van der Waals surface area (Å²) in [7, 11) is -3.84. The molecule has 1 heterocycles. The Morgan fingerprint density at radius 3 is 2.76 bits per heavy atom. The first-order chi connectivity index (χ1) is 7.98. The minimum absolute atomic E-state index is 0.0388. The number of nitrogens with zero attached hydrogens (tertiary/aromatic N) is 2. The van der Waals surface area contributed by atoms with Gasteiger partial charge in [-0.2, -0.15) is 4.31 Å². The van der Waals surface area contributed by atoms with Gasteiger partial charge >= 0.3 is 5.97 Å². The molecule has 7 heteroatoms. The smallest absolute Gasteiger partial charge is 0.318 e. The molecular formula is C10H12N2O4S. The van der Waals surface area contributed by atoms with Crippen LogP contribution in [0.2, 0.25) is 0 Å². The van der Waals surface area contributed by atoms with E-state index in [0.29, 0.717) is 0 Å². The molecule has 0 bridgehead atoms. The molecule has 17 heavy (non-hydrogen) atoms. The van der Waals surface area contributed by atoms with Crippen molar-refractivity contribution in [1.29, 1.82) is 0 Å². The fraction of sp³-hybridized carbons (Fsp3) is 0.200. The topological polar surface area (TPSA) is 87.6 Å². The van der Waals surface area contributed by atoms with Gasteiger partial charge in [0.2, 0.25) is 10.0 Å². The Bertz CT molecular complexity index is 498. The van der Waals surface area contributed by atoms with Crippen LogP contribution in [0, 0.1) is 0 Å². The third kappa shape index (κ3) is 3.36. The molecule has 0 fully saturated rings. The Hall–Kier alpha value is -1.73. The highest BCUT2D eigenvalue weighted by molar-refractivity contribution is 7.89. The maximum Gasteiger partial charge on any atom is 0.318 e. The Kier molecular flexibility index (Phi) is 4.36. The van der Waals surface area contributed by atoms with Crippen molar-refractivity contribution >= 4 is 16.0 Å². The van der Waals surface area contributed by atoms with E-state index in [0.717, 1.165) is 4.31 Å². The molecule has 0 spiro atoms. The van der Waals surface area contributed by atoms with Gasteiger partial charge < -0.3 is 5.11 Å². The van der Waals surface area contributed by atoms with Crippen LogP contribution in [0.4, 0.5) is 0 Å². The third-order valence-electron chi connectivity index (χ3n) is 1.92. The Balaban J connectivity index is 3.08. The van der Waals surface area contributed by atoms with Gasteiger partial charge in [0.1, 0.15) is 11.4 Å². The van der Waals surface area contributed by atoms with Gasteiger partial charge in [0.25, 0.3) is 0 Å². The van der Waals surface area contributed by atoms with E-state index >= 15 is 0 Å². The fourth-order valence-corrected chi connectivity index (χ4v) is 2.52. The van der Waals surface area contributed by atoms with Crippen molar-refractivity contribution in [3.8, 4) is 0 Å². The molecule has 0 saturated heterocycles. The molecule has 0 aliphatic heterocycles. The lowest BCUT2D eigenvalue weighted by atomic mass is 10.5. The summed E-state index contributed by atoms with van der Waals surface area (Å²) in [4.78, 5) is 14.3.